The van der Waals surface area contributed by atoms with Crippen LogP contribution in [0.3, 0.4) is 0 Å². The second kappa shape index (κ2) is 13.1. The van der Waals surface area contributed by atoms with Gasteiger partial charge in [0.1, 0.15) is 30.5 Å². The van der Waals surface area contributed by atoms with Crippen molar-refractivity contribution in [3.8, 4) is 11.5 Å². The van der Waals surface area contributed by atoms with Crippen molar-refractivity contribution < 1.29 is 9.47 Å². The number of piperidine rings is 2. The lowest BCUT2D eigenvalue weighted by molar-refractivity contribution is 0.216. The molecule has 0 saturated carbocycles. The predicted molar refractivity (Wildman–Crippen MR) is 154 cm³/mol. The summed E-state index contributed by atoms with van der Waals surface area (Å²) in [6.07, 6.45) is 9.16. The molecule has 5 rings (SSSR count). The molecule has 0 aliphatic carbocycles. The van der Waals surface area contributed by atoms with E-state index in [0.717, 1.165) is 66.4 Å². The Morgan fingerprint density at radius 2 is 1.55 bits per heavy atom. The van der Waals surface area contributed by atoms with Gasteiger partial charge in [0, 0.05) is 32.2 Å². The van der Waals surface area contributed by atoms with E-state index in [4.69, 9.17) is 19.4 Å². The van der Waals surface area contributed by atoms with E-state index in [-0.39, 0.29) is 0 Å². The molecule has 2 aromatic carbocycles. The van der Waals surface area contributed by atoms with Gasteiger partial charge in [-0.15, -0.1) is 0 Å². The molecule has 2 saturated heterocycles. The minimum absolute atomic E-state index is 0.465. The fraction of sp³-hybridized carbons (Fsp3) is 0.433. The van der Waals surface area contributed by atoms with Gasteiger partial charge in [-0.3, -0.25) is 5.43 Å². The largest absolute Gasteiger partial charge is 0.490 e. The van der Waals surface area contributed by atoms with Gasteiger partial charge < -0.3 is 19.3 Å². The van der Waals surface area contributed by atoms with Crippen LogP contribution in [0, 0.1) is 6.92 Å². The van der Waals surface area contributed by atoms with Crippen LogP contribution >= 0.6 is 0 Å². The number of aromatic nitrogens is 2. The van der Waals surface area contributed by atoms with Crippen molar-refractivity contribution in [3.63, 3.8) is 0 Å². The Balaban J connectivity index is 1.20. The van der Waals surface area contributed by atoms with Crippen LogP contribution < -0.4 is 24.7 Å². The minimum Gasteiger partial charge on any atom is -0.490 e. The summed E-state index contributed by atoms with van der Waals surface area (Å²) in [6.45, 7) is 7.09. The van der Waals surface area contributed by atoms with E-state index in [0.29, 0.717) is 13.2 Å². The second-order valence-corrected chi connectivity index (χ2v) is 9.91. The molecule has 2 aliphatic heterocycles. The number of para-hydroxylation sites is 1. The molecule has 1 aromatic heterocycles. The summed E-state index contributed by atoms with van der Waals surface area (Å²) in [5.74, 6) is 4.18. The zero-order valence-corrected chi connectivity index (χ0v) is 22.3. The molecular formula is C30H38N6O2. The summed E-state index contributed by atoms with van der Waals surface area (Å²) in [6, 6.07) is 17.9. The van der Waals surface area contributed by atoms with Crippen LogP contribution in [-0.2, 0) is 0 Å². The highest BCUT2D eigenvalue weighted by Crippen LogP contribution is 2.25. The molecule has 0 radical (unpaired) electrons. The first kappa shape index (κ1) is 25.8. The first-order valence-corrected chi connectivity index (χ1v) is 13.8. The number of hydrogen-bond donors (Lipinski definition) is 1. The van der Waals surface area contributed by atoms with Crippen LogP contribution in [0.2, 0.25) is 0 Å². The van der Waals surface area contributed by atoms with Crippen molar-refractivity contribution >= 4 is 23.8 Å². The standard InChI is InChI=1S/C30H38N6O2/c1-24-11-4-5-14-27(24)38-20-19-37-26-13-10-12-25(21-26)23-31-34-28-22-29(35-15-6-2-7-16-35)33-30(32-28)36-17-8-3-9-18-36/h4-5,10-14,21-23H,2-3,6-9,15-20H2,1H3,(H,32,33,34). The first-order chi connectivity index (χ1) is 18.7. The van der Waals surface area contributed by atoms with Gasteiger partial charge in [-0.25, -0.2) is 0 Å². The minimum atomic E-state index is 0.465. The fourth-order valence-electron chi connectivity index (χ4n) is 4.89. The van der Waals surface area contributed by atoms with Gasteiger partial charge in [0.15, 0.2) is 5.82 Å². The lowest BCUT2D eigenvalue weighted by atomic mass is 10.1. The summed E-state index contributed by atoms with van der Waals surface area (Å²) in [5.41, 5.74) is 5.21. The number of anilines is 3. The molecule has 0 unspecified atom stereocenters. The monoisotopic (exact) mass is 514 g/mol. The van der Waals surface area contributed by atoms with Crippen LogP contribution in [-0.4, -0.2) is 55.6 Å². The molecule has 3 heterocycles. The quantitative estimate of drug-likeness (QED) is 0.212. The third-order valence-electron chi connectivity index (χ3n) is 6.97. The molecule has 2 fully saturated rings. The van der Waals surface area contributed by atoms with Gasteiger partial charge in [-0.2, -0.15) is 15.1 Å². The molecule has 0 amide bonds. The summed E-state index contributed by atoms with van der Waals surface area (Å²) < 4.78 is 11.7. The van der Waals surface area contributed by atoms with E-state index in [9.17, 15) is 0 Å². The molecule has 1 N–H and O–H groups in total. The van der Waals surface area contributed by atoms with Gasteiger partial charge in [-0.05, 0) is 74.8 Å². The molecule has 0 atom stereocenters. The summed E-state index contributed by atoms with van der Waals surface area (Å²) in [4.78, 5) is 14.4. The van der Waals surface area contributed by atoms with Gasteiger partial charge in [-0.1, -0.05) is 30.3 Å². The zero-order valence-electron chi connectivity index (χ0n) is 22.3. The Hall–Kier alpha value is -3.81. The number of benzene rings is 2. The smallest absolute Gasteiger partial charge is 0.229 e. The topological polar surface area (TPSA) is 75.1 Å². The molecule has 200 valence electrons. The van der Waals surface area contributed by atoms with Crippen LogP contribution in [0.25, 0.3) is 0 Å². The van der Waals surface area contributed by atoms with Crippen molar-refractivity contribution in [1.29, 1.82) is 0 Å². The van der Waals surface area contributed by atoms with Gasteiger partial charge in [0.25, 0.3) is 0 Å². The zero-order chi connectivity index (χ0) is 26.0. The Kier molecular flexibility index (Phi) is 8.92. The Bertz CT molecular complexity index is 1170. The number of rotatable bonds is 10. The molecule has 3 aromatic rings. The van der Waals surface area contributed by atoms with Gasteiger partial charge in [0.2, 0.25) is 5.95 Å². The van der Waals surface area contributed by atoms with Crippen LogP contribution in [0.1, 0.15) is 49.7 Å². The number of hydrogen-bond acceptors (Lipinski definition) is 8. The fourth-order valence-corrected chi connectivity index (χ4v) is 4.89. The maximum atomic E-state index is 5.90. The number of nitrogens with one attached hydrogen (secondary N) is 1. The van der Waals surface area contributed by atoms with Gasteiger partial charge in [0.05, 0.1) is 6.21 Å². The molecule has 2 aliphatic rings. The summed E-state index contributed by atoms with van der Waals surface area (Å²) in [7, 11) is 0. The molecule has 8 heteroatoms. The van der Waals surface area contributed by atoms with E-state index >= 15 is 0 Å². The highest BCUT2D eigenvalue weighted by molar-refractivity contribution is 5.80. The number of aryl methyl sites for hydroxylation is 1. The van der Waals surface area contributed by atoms with Gasteiger partial charge >= 0.3 is 0 Å². The Morgan fingerprint density at radius 1 is 0.816 bits per heavy atom. The van der Waals surface area contributed by atoms with Crippen molar-refractivity contribution in [2.45, 2.75) is 45.4 Å². The Morgan fingerprint density at radius 3 is 2.34 bits per heavy atom. The molecule has 8 nitrogen and oxygen atoms in total. The third-order valence-corrected chi connectivity index (χ3v) is 6.97. The number of hydrazone groups is 1. The van der Waals surface area contributed by atoms with E-state index in [1.165, 1.54) is 38.5 Å². The average Bonchev–Trinajstić information content (AvgIpc) is 2.97. The molecule has 0 spiro atoms. The molecular weight excluding hydrogens is 476 g/mol. The lowest BCUT2D eigenvalue weighted by Gasteiger charge is -2.31. The van der Waals surface area contributed by atoms with Crippen molar-refractivity contribution in [2.75, 3.05) is 54.6 Å². The predicted octanol–water partition coefficient (Wildman–Crippen LogP) is 5.67. The molecule has 0 bridgehead atoms. The lowest BCUT2D eigenvalue weighted by Crippen LogP contribution is -2.33. The van der Waals surface area contributed by atoms with Crippen molar-refractivity contribution in [3.05, 3.63) is 65.7 Å². The van der Waals surface area contributed by atoms with E-state index in [2.05, 4.69) is 20.3 Å². The van der Waals surface area contributed by atoms with E-state index in [1.54, 1.807) is 6.21 Å². The third kappa shape index (κ3) is 7.15. The van der Waals surface area contributed by atoms with Crippen LogP contribution in [0.5, 0.6) is 11.5 Å². The van der Waals surface area contributed by atoms with Crippen molar-refractivity contribution in [1.82, 2.24) is 9.97 Å². The number of nitrogens with zero attached hydrogens (tertiary/aromatic N) is 5. The highest BCUT2D eigenvalue weighted by atomic mass is 16.5. The normalized spacial score (nSPS) is 16.0. The second-order valence-electron chi connectivity index (χ2n) is 9.91. The van der Waals surface area contributed by atoms with Crippen LogP contribution in [0.15, 0.2) is 59.7 Å². The summed E-state index contributed by atoms with van der Waals surface area (Å²) >= 11 is 0. The van der Waals surface area contributed by atoms with E-state index in [1.807, 2.05) is 61.5 Å². The Labute approximate surface area is 225 Å². The highest BCUT2D eigenvalue weighted by Gasteiger charge is 2.19. The summed E-state index contributed by atoms with van der Waals surface area (Å²) in [5, 5.41) is 4.49. The molecule has 38 heavy (non-hydrogen) atoms. The van der Waals surface area contributed by atoms with Crippen LogP contribution in [0.4, 0.5) is 17.6 Å². The first-order valence-electron chi connectivity index (χ1n) is 13.8. The maximum absolute atomic E-state index is 5.90. The SMILES string of the molecule is Cc1ccccc1OCCOc1cccc(C=NNc2cc(N3CCCCC3)nc(N3CCCCC3)n2)c1. The van der Waals surface area contributed by atoms with E-state index < -0.39 is 0 Å². The number of ether oxygens (including phenoxy) is 2. The van der Waals surface area contributed by atoms with Crippen molar-refractivity contribution in [2.24, 2.45) is 5.10 Å². The maximum Gasteiger partial charge on any atom is 0.229 e. The average molecular weight is 515 g/mol.